The lowest BCUT2D eigenvalue weighted by Gasteiger charge is -2.24. The smallest absolute Gasteiger partial charge is 0.329 e. The lowest BCUT2D eigenvalue weighted by Crippen LogP contribution is -2.45. The number of unbranched alkanes of at least 4 members (excludes halogenated alkanes) is 2. The van der Waals surface area contributed by atoms with Crippen LogP contribution in [0.4, 0.5) is 13.6 Å². The maximum absolute atomic E-state index is 13.5. The first-order chi connectivity index (χ1) is 13.4. The van der Waals surface area contributed by atoms with Crippen molar-refractivity contribution >= 4 is 17.0 Å². The average molecular weight is 409 g/mol. The molecule has 2 aromatic carbocycles. The van der Waals surface area contributed by atoms with Gasteiger partial charge >= 0.3 is 6.03 Å². The van der Waals surface area contributed by atoms with Crippen molar-refractivity contribution in [2.75, 3.05) is 6.54 Å². The second-order valence-electron chi connectivity index (χ2n) is 6.70. The number of urea groups is 1. The van der Waals surface area contributed by atoms with Gasteiger partial charge in [-0.05, 0) is 55.7 Å². The van der Waals surface area contributed by atoms with E-state index in [1.165, 1.54) is 34.6 Å². The molecule has 0 saturated heterocycles. The molecule has 2 aromatic rings. The van der Waals surface area contributed by atoms with Crippen molar-refractivity contribution in [2.45, 2.75) is 50.5 Å². The van der Waals surface area contributed by atoms with Gasteiger partial charge in [-0.3, -0.25) is 0 Å². The van der Waals surface area contributed by atoms with Crippen LogP contribution in [0.1, 0.15) is 38.7 Å². The summed E-state index contributed by atoms with van der Waals surface area (Å²) in [5.41, 5.74) is 0.887. The van der Waals surface area contributed by atoms with Gasteiger partial charge in [0.15, 0.2) is 11.0 Å². The molecule has 0 fully saturated rings. The van der Waals surface area contributed by atoms with E-state index in [9.17, 15) is 17.8 Å². The highest BCUT2D eigenvalue weighted by Gasteiger charge is 2.23. The van der Waals surface area contributed by atoms with Gasteiger partial charge in [0.05, 0.1) is 4.90 Å². The predicted molar refractivity (Wildman–Crippen MR) is 107 cm³/mol. The van der Waals surface area contributed by atoms with Crippen LogP contribution < -0.4 is 5.32 Å². The third-order valence-corrected chi connectivity index (χ3v) is 5.62. The highest BCUT2D eigenvalue weighted by atomic mass is 32.2. The maximum atomic E-state index is 13.5. The van der Waals surface area contributed by atoms with Gasteiger partial charge in [-0.15, -0.1) is 0 Å². The van der Waals surface area contributed by atoms with Gasteiger partial charge in [-0.1, -0.05) is 38.0 Å². The summed E-state index contributed by atoms with van der Waals surface area (Å²) in [4.78, 5) is 13.0. The van der Waals surface area contributed by atoms with Gasteiger partial charge in [0.1, 0.15) is 11.6 Å². The molecule has 0 aliphatic rings. The summed E-state index contributed by atoms with van der Waals surface area (Å²) in [6.45, 7) is 4.18. The molecule has 0 spiro atoms. The van der Waals surface area contributed by atoms with Gasteiger partial charge in [0.2, 0.25) is 0 Å². The summed E-state index contributed by atoms with van der Waals surface area (Å²) in [6, 6.07) is 10.8. The molecule has 0 heterocycles. The number of halogens is 2. The monoisotopic (exact) mass is 408 g/mol. The average Bonchev–Trinajstić information content (AvgIpc) is 2.66. The molecule has 2 unspecified atom stereocenters. The standard InChI is InChI=1S/C21H26F2N2O2S/c1-3-4-5-13-25(28(27)20-8-6-7-19(23)15-20)21(26)24-16(2)14-17-9-11-18(22)12-10-17/h6-12,15-16H,3-5,13-14H2,1-2H3,(H,24,26). The van der Waals surface area contributed by atoms with Crippen molar-refractivity contribution in [3.8, 4) is 0 Å². The van der Waals surface area contributed by atoms with Gasteiger partial charge in [0, 0.05) is 12.6 Å². The fraction of sp³-hybridized carbons (Fsp3) is 0.381. The molecule has 0 saturated carbocycles. The lowest BCUT2D eigenvalue weighted by atomic mass is 10.1. The third-order valence-electron chi connectivity index (χ3n) is 4.21. The molecule has 4 nitrogen and oxygen atoms in total. The van der Waals surface area contributed by atoms with Crippen LogP contribution in [0.2, 0.25) is 0 Å². The van der Waals surface area contributed by atoms with Crippen molar-refractivity contribution < 1.29 is 17.8 Å². The molecule has 7 heteroatoms. The fourth-order valence-electron chi connectivity index (χ4n) is 2.78. The first-order valence-electron chi connectivity index (χ1n) is 9.40. The van der Waals surface area contributed by atoms with E-state index in [-0.39, 0.29) is 16.8 Å². The molecular formula is C21H26F2N2O2S. The summed E-state index contributed by atoms with van der Waals surface area (Å²) in [6.07, 6.45) is 3.08. The van der Waals surface area contributed by atoms with E-state index in [1.807, 2.05) is 13.8 Å². The molecule has 2 amide bonds. The summed E-state index contributed by atoms with van der Waals surface area (Å²) in [5, 5.41) is 2.84. The molecule has 2 rings (SSSR count). The van der Waals surface area contributed by atoms with Gasteiger partial charge in [-0.25, -0.2) is 22.1 Å². The summed E-state index contributed by atoms with van der Waals surface area (Å²) in [7, 11) is -1.80. The van der Waals surface area contributed by atoms with E-state index < -0.39 is 22.8 Å². The van der Waals surface area contributed by atoms with Crippen LogP contribution in [0.25, 0.3) is 0 Å². The number of nitrogens with zero attached hydrogens (tertiary/aromatic N) is 1. The molecule has 0 aliphatic heterocycles. The van der Waals surface area contributed by atoms with Crippen LogP contribution in [-0.4, -0.2) is 27.1 Å². The molecule has 2 atom stereocenters. The molecular weight excluding hydrogens is 382 g/mol. The van der Waals surface area contributed by atoms with Crippen LogP contribution in [0.15, 0.2) is 53.4 Å². The highest BCUT2D eigenvalue weighted by Crippen LogP contribution is 2.15. The quantitative estimate of drug-likeness (QED) is 0.605. The Morgan fingerprint density at radius 2 is 1.82 bits per heavy atom. The first-order valence-corrected chi connectivity index (χ1v) is 10.5. The molecule has 0 aliphatic carbocycles. The van der Waals surface area contributed by atoms with Crippen LogP contribution >= 0.6 is 0 Å². The zero-order chi connectivity index (χ0) is 20.5. The van der Waals surface area contributed by atoms with Crippen molar-refractivity contribution in [2.24, 2.45) is 0 Å². The topological polar surface area (TPSA) is 49.4 Å². The van der Waals surface area contributed by atoms with E-state index in [4.69, 9.17) is 0 Å². The largest absolute Gasteiger partial charge is 0.334 e. The minimum absolute atomic E-state index is 0.240. The highest BCUT2D eigenvalue weighted by molar-refractivity contribution is 7.83. The Morgan fingerprint density at radius 3 is 2.46 bits per heavy atom. The number of carbonyl (C=O) groups excluding carboxylic acids is 1. The van der Waals surface area contributed by atoms with Crippen LogP contribution in [0.3, 0.4) is 0 Å². The van der Waals surface area contributed by atoms with E-state index in [1.54, 1.807) is 18.2 Å². The molecule has 28 heavy (non-hydrogen) atoms. The Hall–Kier alpha value is -2.28. The number of nitrogens with one attached hydrogen (secondary N) is 1. The molecule has 0 aromatic heterocycles. The minimum atomic E-state index is -1.80. The fourth-order valence-corrected chi connectivity index (χ4v) is 3.94. The van der Waals surface area contributed by atoms with Crippen LogP contribution in [0, 0.1) is 11.6 Å². The number of carbonyl (C=O) groups is 1. The zero-order valence-electron chi connectivity index (χ0n) is 16.2. The van der Waals surface area contributed by atoms with Crippen molar-refractivity contribution in [1.82, 2.24) is 9.62 Å². The van der Waals surface area contributed by atoms with E-state index >= 15 is 0 Å². The number of rotatable bonds is 9. The van der Waals surface area contributed by atoms with Gasteiger partial charge < -0.3 is 5.32 Å². The summed E-state index contributed by atoms with van der Waals surface area (Å²) < 4.78 is 40.6. The summed E-state index contributed by atoms with van der Waals surface area (Å²) in [5.74, 6) is -0.808. The number of hydrogen-bond acceptors (Lipinski definition) is 2. The number of hydrogen-bond donors (Lipinski definition) is 1. The van der Waals surface area contributed by atoms with E-state index in [2.05, 4.69) is 5.32 Å². The van der Waals surface area contributed by atoms with E-state index in [0.29, 0.717) is 19.4 Å². The Kier molecular flexibility index (Phi) is 8.57. The second kappa shape index (κ2) is 10.9. The SMILES string of the molecule is CCCCCN(C(=O)NC(C)Cc1ccc(F)cc1)S(=O)c1cccc(F)c1. The van der Waals surface area contributed by atoms with Crippen molar-refractivity contribution in [1.29, 1.82) is 0 Å². The third kappa shape index (κ3) is 6.71. The van der Waals surface area contributed by atoms with E-state index in [0.717, 1.165) is 18.4 Å². The Bertz CT molecular complexity index is 799. The molecule has 152 valence electrons. The Balaban J connectivity index is 2.07. The normalized spacial score (nSPS) is 13.0. The molecule has 0 bridgehead atoms. The molecule has 1 N–H and O–H groups in total. The van der Waals surface area contributed by atoms with Crippen LogP contribution in [-0.2, 0) is 17.4 Å². The number of amides is 2. The Labute approximate surface area is 167 Å². The summed E-state index contributed by atoms with van der Waals surface area (Å²) >= 11 is 0. The van der Waals surface area contributed by atoms with Crippen LogP contribution in [0.5, 0.6) is 0 Å². The minimum Gasteiger partial charge on any atom is -0.334 e. The number of benzene rings is 2. The lowest BCUT2D eigenvalue weighted by molar-refractivity contribution is 0.220. The first kappa shape index (κ1) is 22.0. The zero-order valence-corrected chi connectivity index (χ0v) is 17.0. The second-order valence-corrected chi connectivity index (χ2v) is 8.11. The van der Waals surface area contributed by atoms with Gasteiger partial charge in [-0.2, -0.15) is 0 Å². The van der Waals surface area contributed by atoms with Crippen molar-refractivity contribution in [3.05, 3.63) is 65.7 Å². The van der Waals surface area contributed by atoms with Crippen molar-refractivity contribution in [3.63, 3.8) is 0 Å². The Morgan fingerprint density at radius 1 is 1.11 bits per heavy atom. The predicted octanol–water partition coefficient (Wildman–Crippen LogP) is 4.82. The maximum Gasteiger partial charge on any atom is 0.329 e. The molecule has 0 radical (unpaired) electrons. The van der Waals surface area contributed by atoms with Gasteiger partial charge in [0.25, 0.3) is 0 Å².